The van der Waals surface area contributed by atoms with Gasteiger partial charge in [0.05, 0.1) is 13.7 Å². The van der Waals surface area contributed by atoms with Crippen molar-refractivity contribution in [3.63, 3.8) is 0 Å². The first-order chi connectivity index (χ1) is 12.5. The lowest BCUT2D eigenvalue weighted by Gasteiger charge is -2.18. The number of nitrogens with one attached hydrogen (secondary N) is 2. The van der Waals surface area contributed by atoms with Gasteiger partial charge in [0.1, 0.15) is 5.75 Å². The van der Waals surface area contributed by atoms with E-state index in [9.17, 15) is 9.59 Å². The van der Waals surface area contributed by atoms with Crippen LogP contribution in [-0.4, -0.2) is 56.0 Å². The van der Waals surface area contributed by atoms with Crippen LogP contribution in [-0.2, 0) is 16.0 Å². The first-order valence-electron chi connectivity index (χ1n) is 9.44. The fourth-order valence-corrected chi connectivity index (χ4v) is 3.86. The van der Waals surface area contributed by atoms with E-state index in [-0.39, 0.29) is 17.9 Å². The van der Waals surface area contributed by atoms with E-state index in [1.165, 1.54) is 18.4 Å². The number of hydrogen-bond donors (Lipinski definition) is 2. The fraction of sp³-hybridized carbons (Fsp3) is 0.600. The van der Waals surface area contributed by atoms with E-state index in [1.807, 2.05) is 24.3 Å². The number of nitrogens with zero attached hydrogens (tertiary/aromatic N) is 1. The highest BCUT2D eigenvalue weighted by Gasteiger charge is 2.42. The summed E-state index contributed by atoms with van der Waals surface area (Å²) in [6.07, 6.45) is 3.31. The third kappa shape index (κ3) is 5.21. The van der Waals surface area contributed by atoms with E-state index < -0.39 is 0 Å². The zero-order chi connectivity index (χ0) is 18.5. The third-order valence-electron chi connectivity index (χ3n) is 5.32. The molecule has 0 spiro atoms. The summed E-state index contributed by atoms with van der Waals surface area (Å²) in [7, 11) is 1.65. The average molecular weight is 359 g/mol. The van der Waals surface area contributed by atoms with Crippen LogP contribution < -0.4 is 15.4 Å². The highest BCUT2D eigenvalue weighted by Crippen LogP contribution is 2.41. The molecule has 1 saturated carbocycles. The molecule has 0 unspecified atom stereocenters. The number of carbonyl (C=O) groups is 2. The van der Waals surface area contributed by atoms with Gasteiger partial charge >= 0.3 is 0 Å². The molecule has 0 radical (unpaired) electrons. The molecule has 1 saturated heterocycles. The van der Waals surface area contributed by atoms with Gasteiger partial charge in [-0.2, -0.15) is 0 Å². The lowest BCUT2D eigenvalue weighted by molar-refractivity contribution is -0.122. The molecule has 1 heterocycles. The summed E-state index contributed by atoms with van der Waals surface area (Å²) in [5, 5.41) is 6.07. The highest BCUT2D eigenvalue weighted by atomic mass is 16.5. The summed E-state index contributed by atoms with van der Waals surface area (Å²) >= 11 is 0. The van der Waals surface area contributed by atoms with Crippen molar-refractivity contribution >= 4 is 11.8 Å². The molecule has 2 amide bonds. The van der Waals surface area contributed by atoms with Crippen molar-refractivity contribution in [2.45, 2.75) is 32.2 Å². The molecule has 3 rings (SSSR count). The molecule has 1 aromatic rings. The van der Waals surface area contributed by atoms with Crippen molar-refractivity contribution in [1.29, 1.82) is 0 Å². The van der Waals surface area contributed by atoms with E-state index in [4.69, 9.17) is 4.74 Å². The predicted molar refractivity (Wildman–Crippen MR) is 100.0 cm³/mol. The summed E-state index contributed by atoms with van der Waals surface area (Å²) in [4.78, 5) is 25.8. The molecule has 2 fully saturated rings. The van der Waals surface area contributed by atoms with Crippen LogP contribution in [0, 0.1) is 11.8 Å². The molecule has 2 N–H and O–H groups in total. The molecule has 1 aliphatic heterocycles. The van der Waals surface area contributed by atoms with Crippen molar-refractivity contribution < 1.29 is 14.3 Å². The molecular formula is C20H29N3O3. The van der Waals surface area contributed by atoms with Gasteiger partial charge in [-0.25, -0.2) is 0 Å². The number of carbonyl (C=O) groups excluding carboxylic acids is 2. The summed E-state index contributed by atoms with van der Waals surface area (Å²) in [6.45, 7) is 4.27. The smallest absolute Gasteiger partial charge is 0.234 e. The number of likely N-dealkylation sites (tertiary alicyclic amines) is 1. The Morgan fingerprint density at radius 2 is 1.92 bits per heavy atom. The van der Waals surface area contributed by atoms with Crippen molar-refractivity contribution in [2.75, 3.05) is 33.3 Å². The van der Waals surface area contributed by atoms with Gasteiger partial charge in [-0.1, -0.05) is 12.1 Å². The maximum absolute atomic E-state index is 12.3. The largest absolute Gasteiger partial charge is 0.497 e. The van der Waals surface area contributed by atoms with Crippen molar-refractivity contribution in [1.82, 2.24) is 15.5 Å². The van der Waals surface area contributed by atoms with Gasteiger partial charge in [0.15, 0.2) is 0 Å². The maximum atomic E-state index is 12.3. The van der Waals surface area contributed by atoms with Crippen LogP contribution >= 0.6 is 0 Å². The maximum Gasteiger partial charge on any atom is 0.234 e. The minimum atomic E-state index is 0.0199. The lowest BCUT2D eigenvalue weighted by Crippen LogP contribution is -2.41. The van der Waals surface area contributed by atoms with Gasteiger partial charge in [-0.3, -0.25) is 14.5 Å². The molecule has 2 aliphatic rings. The second-order valence-electron chi connectivity index (χ2n) is 7.45. The number of amides is 2. The van der Waals surface area contributed by atoms with Gasteiger partial charge < -0.3 is 15.4 Å². The van der Waals surface area contributed by atoms with Crippen molar-refractivity contribution in [2.24, 2.45) is 11.8 Å². The first kappa shape index (κ1) is 18.7. The van der Waals surface area contributed by atoms with Gasteiger partial charge in [-0.05, 0) is 48.8 Å². The second kappa shape index (κ2) is 8.54. The Morgan fingerprint density at radius 1 is 1.19 bits per heavy atom. The average Bonchev–Trinajstić information content (AvgIpc) is 3.38. The van der Waals surface area contributed by atoms with Gasteiger partial charge in [0, 0.05) is 32.6 Å². The number of benzene rings is 1. The number of methoxy groups -OCH3 is 1. The normalized spacial score (nSPS) is 22.8. The Morgan fingerprint density at radius 3 is 2.54 bits per heavy atom. The van der Waals surface area contributed by atoms with Crippen LogP contribution in [0.4, 0.5) is 0 Å². The SMILES string of the molecule is COc1ccc(CCNC(=O)CN2C[C@@H](NC(C)=O)[C@H](C3CC3)C2)cc1. The van der Waals surface area contributed by atoms with Gasteiger partial charge in [-0.15, -0.1) is 0 Å². The standard InChI is InChI=1S/C20H29N3O3/c1-14(24)22-19-12-23(11-18(19)16-5-6-16)13-20(25)21-10-9-15-3-7-17(26-2)8-4-15/h3-4,7-8,16,18-19H,5-6,9-13H2,1-2H3,(H,21,25)(H,22,24)/t18-,19+/m0/s1. The molecule has 6 heteroatoms. The van der Waals surface area contributed by atoms with Gasteiger partial charge in [0.25, 0.3) is 0 Å². The molecule has 6 nitrogen and oxygen atoms in total. The molecule has 26 heavy (non-hydrogen) atoms. The van der Waals surface area contributed by atoms with Crippen LogP contribution in [0.3, 0.4) is 0 Å². The van der Waals surface area contributed by atoms with Crippen LogP contribution in [0.25, 0.3) is 0 Å². The monoisotopic (exact) mass is 359 g/mol. The molecule has 1 aromatic carbocycles. The van der Waals surface area contributed by atoms with E-state index in [0.29, 0.717) is 19.0 Å². The Labute approximate surface area is 155 Å². The Balaban J connectivity index is 1.40. The molecule has 0 bridgehead atoms. The molecular weight excluding hydrogens is 330 g/mol. The predicted octanol–water partition coefficient (Wildman–Crippen LogP) is 1.20. The van der Waals surface area contributed by atoms with E-state index in [1.54, 1.807) is 14.0 Å². The number of ether oxygens (including phenoxy) is 1. The quantitative estimate of drug-likeness (QED) is 0.732. The number of rotatable bonds is 8. The lowest BCUT2D eigenvalue weighted by atomic mass is 9.98. The summed E-state index contributed by atoms with van der Waals surface area (Å²) in [5.74, 6) is 2.12. The third-order valence-corrected chi connectivity index (χ3v) is 5.32. The van der Waals surface area contributed by atoms with Crippen LogP contribution in [0.15, 0.2) is 24.3 Å². The zero-order valence-electron chi connectivity index (χ0n) is 15.7. The minimum absolute atomic E-state index is 0.0199. The topological polar surface area (TPSA) is 70.7 Å². The Bertz CT molecular complexity index is 628. The molecule has 2 atom stereocenters. The number of hydrogen-bond acceptors (Lipinski definition) is 4. The van der Waals surface area contributed by atoms with Crippen LogP contribution in [0.1, 0.15) is 25.3 Å². The van der Waals surface area contributed by atoms with Gasteiger partial charge in [0.2, 0.25) is 11.8 Å². The minimum Gasteiger partial charge on any atom is -0.497 e. The Kier molecular flexibility index (Phi) is 6.14. The van der Waals surface area contributed by atoms with Crippen LogP contribution in [0.2, 0.25) is 0 Å². The second-order valence-corrected chi connectivity index (χ2v) is 7.45. The molecule has 0 aromatic heterocycles. The first-order valence-corrected chi connectivity index (χ1v) is 9.44. The van der Waals surface area contributed by atoms with Crippen molar-refractivity contribution in [3.05, 3.63) is 29.8 Å². The van der Waals surface area contributed by atoms with E-state index in [2.05, 4.69) is 15.5 Å². The summed E-state index contributed by atoms with van der Waals surface area (Å²) in [6, 6.07) is 8.09. The highest BCUT2D eigenvalue weighted by molar-refractivity contribution is 5.78. The Hall–Kier alpha value is -2.08. The van der Waals surface area contributed by atoms with Crippen LogP contribution in [0.5, 0.6) is 5.75 Å². The molecule has 1 aliphatic carbocycles. The van der Waals surface area contributed by atoms with Crippen molar-refractivity contribution in [3.8, 4) is 5.75 Å². The summed E-state index contributed by atoms with van der Waals surface area (Å²) in [5.41, 5.74) is 1.17. The van der Waals surface area contributed by atoms with E-state index >= 15 is 0 Å². The summed E-state index contributed by atoms with van der Waals surface area (Å²) < 4.78 is 5.15. The molecule has 142 valence electrons. The zero-order valence-corrected chi connectivity index (χ0v) is 15.7. The fourth-order valence-electron chi connectivity index (χ4n) is 3.86. The van der Waals surface area contributed by atoms with E-state index in [0.717, 1.165) is 31.2 Å².